The summed E-state index contributed by atoms with van der Waals surface area (Å²) >= 11 is 0. The Labute approximate surface area is 122 Å². The third-order valence-corrected chi connectivity index (χ3v) is 3.18. The standard InChI is InChI=1S/C13H14F3N3O3/c1-7(2)19-6-8-9(13(14,15)16)5-10(20)18(12(8)17-19)4-3-11(21)22/h5-7H,3-4H2,1-2H3,(H,21,22). The molecule has 1 N–H and O–H groups in total. The summed E-state index contributed by atoms with van der Waals surface area (Å²) in [6.07, 6.45) is -3.84. The number of rotatable bonds is 4. The maximum absolute atomic E-state index is 13.1. The summed E-state index contributed by atoms with van der Waals surface area (Å²) in [5, 5.41) is 12.5. The number of carboxylic acids is 1. The number of aromatic nitrogens is 3. The summed E-state index contributed by atoms with van der Waals surface area (Å²) in [4.78, 5) is 22.6. The minimum Gasteiger partial charge on any atom is -0.481 e. The van der Waals surface area contributed by atoms with Gasteiger partial charge in [0.2, 0.25) is 0 Å². The van der Waals surface area contributed by atoms with Crippen LogP contribution in [0, 0.1) is 0 Å². The zero-order valence-electron chi connectivity index (χ0n) is 11.9. The van der Waals surface area contributed by atoms with Gasteiger partial charge < -0.3 is 5.11 Å². The van der Waals surface area contributed by atoms with Crippen molar-refractivity contribution >= 4 is 17.0 Å². The van der Waals surface area contributed by atoms with Crippen LogP contribution >= 0.6 is 0 Å². The van der Waals surface area contributed by atoms with E-state index in [1.165, 1.54) is 10.9 Å². The van der Waals surface area contributed by atoms with Crippen LogP contribution in [0.3, 0.4) is 0 Å². The second kappa shape index (κ2) is 5.47. The number of carbonyl (C=O) groups is 1. The molecule has 0 spiro atoms. The van der Waals surface area contributed by atoms with E-state index >= 15 is 0 Å². The molecule has 2 rings (SSSR count). The molecular weight excluding hydrogens is 303 g/mol. The summed E-state index contributed by atoms with van der Waals surface area (Å²) in [5.41, 5.74) is -2.14. The lowest BCUT2D eigenvalue weighted by atomic mass is 10.2. The second-order valence-corrected chi connectivity index (χ2v) is 5.13. The molecule has 9 heteroatoms. The first-order valence-corrected chi connectivity index (χ1v) is 6.53. The van der Waals surface area contributed by atoms with Gasteiger partial charge in [0.15, 0.2) is 5.65 Å². The smallest absolute Gasteiger partial charge is 0.417 e. The quantitative estimate of drug-likeness (QED) is 0.938. The number of fused-ring (bicyclic) bond motifs is 1. The van der Waals surface area contributed by atoms with Crippen LogP contribution in [-0.2, 0) is 17.5 Å². The molecule has 0 bridgehead atoms. The predicted molar refractivity (Wildman–Crippen MR) is 71.6 cm³/mol. The van der Waals surface area contributed by atoms with Gasteiger partial charge in [-0.3, -0.25) is 18.8 Å². The number of hydrogen-bond donors (Lipinski definition) is 1. The van der Waals surface area contributed by atoms with E-state index in [0.29, 0.717) is 6.07 Å². The summed E-state index contributed by atoms with van der Waals surface area (Å²) in [5.74, 6) is -1.15. The lowest BCUT2D eigenvalue weighted by molar-refractivity contribution is -0.138. The molecule has 0 amide bonds. The zero-order valence-corrected chi connectivity index (χ0v) is 11.9. The minimum absolute atomic E-state index is 0.158. The maximum Gasteiger partial charge on any atom is 0.417 e. The first-order valence-electron chi connectivity index (χ1n) is 6.53. The van der Waals surface area contributed by atoms with Crippen molar-refractivity contribution in [2.45, 2.75) is 39.0 Å². The van der Waals surface area contributed by atoms with Crippen LogP contribution in [0.1, 0.15) is 31.9 Å². The van der Waals surface area contributed by atoms with E-state index in [9.17, 15) is 22.8 Å². The van der Waals surface area contributed by atoms with Crippen molar-refractivity contribution in [3.63, 3.8) is 0 Å². The highest BCUT2D eigenvalue weighted by atomic mass is 19.4. The molecule has 2 aromatic rings. The third-order valence-electron chi connectivity index (χ3n) is 3.18. The molecule has 2 aromatic heterocycles. The summed E-state index contributed by atoms with van der Waals surface area (Å²) < 4.78 is 41.5. The molecule has 0 fully saturated rings. The third kappa shape index (κ3) is 2.97. The number of carboxylic acid groups (broad SMARTS) is 1. The predicted octanol–water partition coefficient (Wildman–Crippen LogP) is 2.27. The van der Waals surface area contributed by atoms with Crippen LogP contribution < -0.4 is 5.56 Å². The maximum atomic E-state index is 13.1. The van der Waals surface area contributed by atoms with Crippen LogP contribution in [0.2, 0.25) is 0 Å². The van der Waals surface area contributed by atoms with Gasteiger partial charge in [-0.25, -0.2) is 0 Å². The minimum atomic E-state index is -4.69. The Bertz CT molecular complexity index is 774. The monoisotopic (exact) mass is 317 g/mol. The number of halogens is 3. The van der Waals surface area contributed by atoms with Crippen molar-refractivity contribution in [3.8, 4) is 0 Å². The molecule has 0 atom stereocenters. The van der Waals surface area contributed by atoms with E-state index < -0.39 is 23.3 Å². The lowest BCUT2D eigenvalue weighted by Crippen LogP contribution is -2.24. The topological polar surface area (TPSA) is 77.1 Å². The summed E-state index contributed by atoms with van der Waals surface area (Å²) in [6, 6.07) is 0.285. The van der Waals surface area contributed by atoms with Gasteiger partial charge >= 0.3 is 12.1 Å². The molecule has 0 aliphatic rings. The van der Waals surface area contributed by atoms with Gasteiger partial charge in [0, 0.05) is 30.2 Å². The number of pyridine rings is 1. The van der Waals surface area contributed by atoms with E-state index in [1.807, 2.05) is 0 Å². The number of hydrogen-bond acceptors (Lipinski definition) is 3. The number of aryl methyl sites for hydroxylation is 1. The van der Waals surface area contributed by atoms with Gasteiger partial charge in [0.1, 0.15) is 0 Å². The highest BCUT2D eigenvalue weighted by Crippen LogP contribution is 2.33. The highest BCUT2D eigenvalue weighted by molar-refractivity contribution is 5.79. The zero-order chi connectivity index (χ0) is 16.7. The van der Waals surface area contributed by atoms with Crippen molar-refractivity contribution in [1.82, 2.24) is 14.3 Å². The van der Waals surface area contributed by atoms with E-state index in [4.69, 9.17) is 5.11 Å². The summed E-state index contributed by atoms with van der Waals surface area (Å²) in [6.45, 7) is 3.23. The Hall–Kier alpha value is -2.32. The molecule has 0 aliphatic heterocycles. The molecule has 0 unspecified atom stereocenters. The molecule has 0 aliphatic carbocycles. The molecule has 120 valence electrons. The van der Waals surface area contributed by atoms with E-state index in [2.05, 4.69) is 5.10 Å². The number of aliphatic carboxylic acids is 1. The van der Waals surface area contributed by atoms with Crippen LogP contribution in [0.5, 0.6) is 0 Å². The molecule has 0 aromatic carbocycles. The highest BCUT2D eigenvalue weighted by Gasteiger charge is 2.35. The fourth-order valence-corrected chi connectivity index (χ4v) is 2.08. The Morgan fingerprint density at radius 1 is 1.41 bits per heavy atom. The van der Waals surface area contributed by atoms with Crippen molar-refractivity contribution < 1.29 is 23.1 Å². The average molecular weight is 317 g/mol. The molecule has 6 nitrogen and oxygen atoms in total. The van der Waals surface area contributed by atoms with Crippen LogP contribution in [-0.4, -0.2) is 25.4 Å². The van der Waals surface area contributed by atoms with Crippen molar-refractivity contribution in [3.05, 3.63) is 28.2 Å². The lowest BCUT2D eigenvalue weighted by Gasteiger charge is -2.10. The van der Waals surface area contributed by atoms with E-state index in [0.717, 1.165) is 4.57 Å². The number of alkyl halides is 3. The van der Waals surface area contributed by atoms with E-state index in [1.54, 1.807) is 13.8 Å². The van der Waals surface area contributed by atoms with Gasteiger partial charge in [-0.05, 0) is 13.8 Å². The van der Waals surface area contributed by atoms with Crippen LogP contribution in [0.15, 0.2) is 17.1 Å². The van der Waals surface area contributed by atoms with Gasteiger partial charge in [-0.1, -0.05) is 0 Å². The van der Waals surface area contributed by atoms with Gasteiger partial charge in [-0.2, -0.15) is 18.3 Å². The Morgan fingerprint density at radius 2 is 2.05 bits per heavy atom. The molecular formula is C13H14F3N3O3. The van der Waals surface area contributed by atoms with Crippen LogP contribution in [0.4, 0.5) is 13.2 Å². The molecule has 22 heavy (non-hydrogen) atoms. The first kappa shape index (κ1) is 16.1. The molecule has 0 saturated carbocycles. The van der Waals surface area contributed by atoms with E-state index in [-0.39, 0.29) is 30.0 Å². The molecule has 2 heterocycles. The Morgan fingerprint density at radius 3 is 2.55 bits per heavy atom. The molecule has 0 saturated heterocycles. The average Bonchev–Trinajstić information content (AvgIpc) is 2.80. The van der Waals surface area contributed by atoms with Gasteiger partial charge in [0.05, 0.1) is 12.0 Å². The van der Waals surface area contributed by atoms with Gasteiger partial charge in [-0.15, -0.1) is 0 Å². The van der Waals surface area contributed by atoms with Crippen LogP contribution in [0.25, 0.3) is 11.0 Å². The van der Waals surface area contributed by atoms with Crippen molar-refractivity contribution in [2.75, 3.05) is 0 Å². The van der Waals surface area contributed by atoms with Crippen molar-refractivity contribution in [1.29, 1.82) is 0 Å². The number of nitrogens with zero attached hydrogens (tertiary/aromatic N) is 3. The normalized spacial score (nSPS) is 12.3. The second-order valence-electron chi connectivity index (χ2n) is 5.13. The van der Waals surface area contributed by atoms with Gasteiger partial charge in [0.25, 0.3) is 5.56 Å². The largest absolute Gasteiger partial charge is 0.481 e. The SMILES string of the molecule is CC(C)n1cc2c(C(F)(F)F)cc(=O)n(CCC(=O)O)c2n1. The Balaban J connectivity index is 2.73. The Kier molecular flexibility index (Phi) is 3.99. The first-order chi connectivity index (χ1) is 10.1. The summed E-state index contributed by atoms with van der Waals surface area (Å²) in [7, 11) is 0. The fraction of sp³-hybridized carbons (Fsp3) is 0.462. The molecule has 0 radical (unpaired) electrons. The van der Waals surface area contributed by atoms with Crippen molar-refractivity contribution in [2.24, 2.45) is 0 Å². The fourth-order valence-electron chi connectivity index (χ4n) is 2.08.